The Morgan fingerprint density at radius 1 is 0.786 bits per heavy atom. The number of nitrogens with zero attached hydrogens (tertiary/aromatic N) is 2. The molecule has 76 valence electrons. The lowest BCUT2D eigenvalue weighted by Gasteiger charge is -2.17. The third-order valence-corrected chi connectivity index (χ3v) is 2.62. The highest BCUT2D eigenvalue weighted by molar-refractivity contribution is 5.34. The summed E-state index contributed by atoms with van der Waals surface area (Å²) in [6, 6.07) is 0.266. The van der Waals surface area contributed by atoms with Crippen molar-refractivity contribution in [3.63, 3.8) is 0 Å². The largest absolute Gasteiger partial charge is 0.235 e. The van der Waals surface area contributed by atoms with Gasteiger partial charge >= 0.3 is 0 Å². The van der Waals surface area contributed by atoms with Gasteiger partial charge in [0.25, 0.3) is 0 Å². The molecular weight excluding hydrogens is 180 g/mol. The highest BCUT2D eigenvalue weighted by Crippen LogP contribution is 2.21. The molecule has 4 nitrogen and oxygen atoms in total. The van der Waals surface area contributed by atoms with Crippen LogP contribution in [-0.2, 0) is 9.59 Å². The van der Waals surface area contributed by atoms with Gasteiger partial charge in [0.2, 0.25) is 12.2 Å². The molecule has 0 spiro atoms. The summed E-state index contributed by atoms with van der Waals surface area (Å²) in [6.45, 7) is 0. The molecule has 1 saturated carbocycles. The third kappa shape index (κ3) is 3.65. The highest BCUT2D eigenvalue weighted by atomic mass is 16.1. The van der Waals surface area contributed by atoms with Crippen LogP contribution in [0, 0.1) is 0 Å². The van der Waals surface area contributed by atoms with Gasteiger partial charge in [0.05, 0.1) is 12.1 Å². The Hall–Kier alpha value is -1.24. The van der Waals surface area contributed by atoms with Crippen molar-refractivity contribution in [2.45, 2.75) is 50.6 Å². The van der Waals surface area contributed by atoms with Crippen molar-refractivity contribution in [3.8, 4) is 0 Å². The zero-order valence-electron chi connectivity index (χ0n) is 8.11. The molecule has 0 bridgehead atoms. The molecule has 0 aromatic rings. The summed E-state index contributed by atoms with van der Waals surface area (Å²) in [5.74, 6) is 0. The lowest BCUT2D eigenvalue weighted by atomic mass is 9.94. The molecule has 0 saturated heterocycles. The smallest absolute Gasteiger partial charge is 0.211 e. The van der Waals surface area contributed by atoms with Crippen LogP contribution >= 0.6 is 0 Å². The summed E-state index contributed by atoms with van der Waals surface area (Å²) in [5, 5.41) is 0. The maximum Gasteiger partial charge on any atom is 0.235 e. The fourth-order valence-electron chi connectivity index (χ4n) is 1.87. The average molecular weight is 194 g/mol. The van der Waals surface area contributed by atoms with E-state index in [1.807, 2.05) is 0 Å². The van der Waals surface area contributed by atoms with Crippen LogP contribution in [0.2, 0.25) is 0 Å². The standard InChI is InChI=1S/C10H14N2O2/c13-7-11-9-3-1-4-10(12-8-14)6-2-5-9/h9-10H,1-6H2. The van der Waals surface area contributed by atoms with E-state index in [-0.39, 0.29) is 12.1 Å². The normalized spacial score (nSPS) is 27.7. The average Bonchev–Trinajstić information content (AvgIpc) is 2.13. The van der Waals surface area contributed by atoms with E-state index in [0.717, 1.165) is 38.5 Å². The molecule has 14 heavy (non-hydrogen) atoms. The summed E-state index contributed by atoms with van der Waals surface area (Å²) in [7, 11) is 0. The van der Waals surface area contributed by atoms with Crippen LogP contribution in [0.15, 0.2) is 9.98 Å². The molecule has 1 rings (SSSR count). The van der Waals surface area contributed by atoms with Crippen molar-refractivity contribution < 1.29 is 9.59 Å². The van der Waals surface area contributed by atoms with E-state index < -0.39 is 0 Å². The van der Waals surface area contributed by atoms with E-state index in [0.29, 0.717) is 0 Å². The number of aliphatic imine (C=N–C) groups is 2. The van der Waals surface area contributed by atoms with Gasteiger partial charge in [-0.25, -0.2) is 19.6 Å². The fourth-order valence-corrected chi connectivity index (χ4v) is 1.87. The zero-order valence-corrected chi connectivity index (χ0v) is 8.11. The first-order valence-electron chi connectivity index (χ1n) is 5.00. The molecule has 0 aromatic carbocycles. The van der Waals surface area contributed by atoms with Gasteiger partial charge in [-0.2, -0.15) is 0 Å². The Balaban J connectivity index is 2.42. The summed E-state index contributed by atoms with van der Waals surface area (Å²) >= 11 is 0. The van der Waals surface area contributed by atoms with Crippen LogP contribution in [0.4, 0.5) is 0 Å². The van der Waals surface area contributed by atoms with Gasteiger partial charge < -0.3 is 0 Å². The third-order valence-electron chi connectivity index (χ3n) is 2.62. The highest BCUT2D eigenvalue weighted by Gasteiger charge is 2.15. The summed E-state index contributed by atoms with van der Waals surface area (Å²) < 4.78 is 0. The fraction of sp³-hybridized carbons (Fsp3) is 0.800. The minimum Gasteiger partial charge on any atom is -0.211 e. The Morgan fingerprint density at radius 3 is 1.43 bits per heavy atom. The predicted molar refractivity (Wildman–Crippen MR) is 51.5 cm³/mol. The quantitative estimate of drug-likeness (QED) is 0.496. The van der Waals surface area contributed by atoms with E-state index in [4.69, 9.17) is 0 Å². The molecule has 0 aliphatic heterocycles. The second kappa shape index (κ2) is 6.25. The first kappa shape index (κ1) is 10.8. The SMILES string of the molecule is O=C=NC1CCCC(N=C=O)CCC1. The first-order chi connectivity index (χ1) is 6.86. The zero-order chi connectivity index (χ0) is 10.2. The molecule has 0 N–H and O–H groups in total. The van der Waals surface area contributed by atoms with Gasteiger partial charge in [-0.15, -0.1) is 0 Å². The number of rotatable bonds is 2. The molecule has 1 aliphatic carbocycles. The van der Waals surface area contributed by atoms with Gasteiger partial charge in [0.1, 0.15) is 0 Å². The van der Waals surface area contributed by atoms with Crippen LogP contribution in [0.3, 0.4) is 0 Å². The van der Waals surface area contributed by atoms with E-state index in [1.54, 1.807) is 12.2 Å². The van der Waals surface area contributed by atoms with Gasteiger partial charge in [0, 0.05) is 0 Å². The van der Waals surface area contributed by atoms with Gasteiger partial charge in [-0.05, 0) is 38.5 Å². The number of isocyanates is 2. The van der Waals surface area contributed by atoms with Crippen molar-refractivity contribution in [1.29, 1.82) is 0 Å². The van der Waals surface area contributed by atoms with Crippen LogP contribution in [0.1, 0.15) is 38.5 Å². The number of carbonyl (C=O) groups excluding carboxylic acids is 2. The number of hydrogen-bond donors (Lipinski definition) is 0. The molecule has 0 unspecified atom stereocenters. The van der Waals surface area contributed by atoms with Gasteiger partial charge in [-0.3, -0.25) is 0 Å². The van der Waals surface area contributed by atoms with Crippen molar-refractivity contribution in [1.82, 2.24) is 0 Å². The Kier molecular flexibility index (Phi) is 4.84. The summed E-state index contributed by atoms with van der Waals surface area (Å²) in [4.78, 5) is 27.6. The van der Waals surface area contributed by atoms with Crippen molar-refractivity contribution in [2.24, 2.45) is 9.98 Å². The van der Waals surface area contributed by atoms with Crippen molar-refractivity contribution in [3.05, 3.63) is 0 Å². The molecule has 4 heteroatoms. The Morgan fingerprint density at radius 2 is 1.14 bits per heavy atom. The predicted octanol–water partition coefficient (Wildman–Crippen LogP) is 1.75. The Labute approximate surface area is 83.1 Å². The van der Waals surface area contributed by atoms with Crippen LogP contribution in [-0.4, -0.2) is 24.2 Å². The maximum absolute atomic E-state index is 10.1. The Bertz CT molecular complexity index is 229. The molecule has 0 amide bonds. The molecule has 0 atom stereocenters. The lowest BCUT2D eigenvalue weighted by molar-refractivity contribution is 0.416. The van der Waals surface area contributed by atoms with Crippen LogP contribution < -0.4 is 0 Å². The molecule has 1 fully saturated rings. The molecule has 0 heterocycles. The van der Waals surface area contributed by atoms with Crippen molar-refractivity contribution in [2.75, 3.05) is 0 Å². The summed E-state index contributed by atoms with van der Waals surface area (Å²) in [5.41, 5.74) is 0. The molecule has 0 aromatic heterocycles. The van der Waals surface area contributed by atoms with E-state index >= 15 is 0 Å². The molecular formula is C10H14N2O2. The number of hydrogen-bond acceptors (Lipinski definition) is 4. The first-order valence-corrected chi connectivity index (χ1v) is 5.00. The topological polar surface area (TPSA) is 58.9 Å². The summed E-state index contributed by atoms with van der Waals surface area (Å²) in [6.07, 6.45) is 8.76. The minimum absolute atomic E-state index is 0.133. The lowest BCUT2D eigenvalue weighted by Crippen LogP contribution is -2.13. The molecule has 0 radical (unpaired) electrons. The minimum atomic E-state index is 0.133. The maximum atomic E-state index is 10.1. The van der Waals surface area contributed by atoms with E-state index in [9.17, 15) is 9.59 Å². The van der Waals surface area contributed by atoms with E-state index in [2.05, 4.69) is 9.98 Å². The second-order valence-electron chi connectivity index (χ2n) is 3.61. The van der Waals surface area contributed by atoms with E-state index in [1.165, 1.54) is 0 Å². The molecule has 1 aliphatic rings. The van der Waals surface area contributed by atoms with Crippen molar-refractivity contribution >= 4 is 12.2 Å². The van der Waals surface area contributed by atoms with Crippen LogP contribution in [0.5, 0.6) is 0 Å². The monoisotopic (exact) mass is 194 g/mol. The van der Waals surface area contributed by atoms with Gasteiger partial charge in [0.15, 0.2) is 0 Å². The van der Waals surface area contributed by atoms with Crippen LogP contribution in [0.25, 0.3) is 0 Å². The second-order valence-corrected chi connectivity index (χ2v) is 3.61. The van der Waals surface area contributed by atoms with Gasteiger partial charge in [-0.1, -0.05) is 0 Å².